The molecule has 0 bridgehead atoms. The van der Waals surface area contributed by atoms with Crippen LogP contribution in [-0.4, -0.2) is 12.4 Å². The Morgan fingerprint density at radius 3 is 2.22 bits per heavy atom. The number of halogens is 2. The lowest BCUT2D eigenvalue weighted by Crippen LogP contribution is -2.50. The first kappa shape index (κ1) is 23.7. The van der Waals surface area contributed by atoms with Crippen molar-refractivity contribution in [2.24, 2.45) is 23.2 Å². The van der Waals surface area contributed by atoms with Crippen LogP contribution in [0.25, 0.3) is 0 Å². The molecule has 2 nitrogen and oxygen atoms in total. The molecule has 0 radical (unpaired) electrons. The molecule has 3 aliphatic rings. The maximum Gasteiger partial charge on any atom is 0.200 e. The molecule has 1 atom stereocenters. The SMILES string of the molecule is CCCC1CCC2(CC1)CC(CCC1CCC(c3ccc(OCC)c(F)c3F)CC1)C2=O. The highest BCUT2D eigenvalue weighted by Gasteiger charge is 2.53. The third kappa shape index (κ3) is 4.75. The predicted molar refractivity (Wildman–Crippen MR) is 124 cm³/mol. The Bertz CT molecular complexity index is 789. The van der Waals surface area contributed by atoms with Gasteiger partial charge in [0, 0.05) is 11.3 Å². The maximum absolute atomic E-state index is 14.6. The van der Waals surface area contributed by atoms with Gasteiger partial charge in [-0.25, -0.2) is 4.39 Å². The van der Waals surface area contributed by atoms with Crippen LogP contribution in [0, 0.1) is 34.8 Å². The van der Waals surface area contributed by atoms with Crippen molar-refractivity contribution in [3.63, 3.8) is 0 Å². The third-order valence-corrected chi connectivity index (χ3v) is 8.88. The molecule has 0 amide bonds. The Balaban J connectivity index is 1.21. The van der Waals surface area contributed by atoms with Crippen LogP contribution in [0.5, 0.6) is 5.75 Å². The molecule has 0 aromatic heterocycles. The Morgan fingerprint density at radius 2 is 1.59 bits per heavy atom. The fraction of sp³-hybridized carbons (Fsp3) is 0.750. The molecular formula is C28H40F2O2. The summed E-state index contributed by atoms with van der Waals surface area (Å²) in [5, 5.41) is 0. The van der Waals surface area contributed by atoms with Crippen LogP contribution in [0.2, 0.25) is 0 Å². The highest BCUT2D eigenvalue weighted by atomic mass is 19.2. The van der Waals surface area contributed by atoms with Gasteiger partial charge in [-0.1, -0.05) is 25.8 Å². The van der Waals surface area contributed by atoms with Gasteiger partial charge in [-0.15, -0.1) is 0 Å². The minimum absolute atomic E-state index is 0.00391. The topological polar surface area (TPSA) is 26.3 Å². The molecule has 0 N–H and O–H groups in total. The van der Waals surface area contributed by atoms with Gasteiger partial charge in [-0.05, 0) is 107 Å². The number of ether oxygens (including phenoxy) is 1. The van der Waals surface area contributed by atoms with Gasteiger partial charge < -0.3 is 4.74 Å². The number of carbonyl (C=O) groups is 1. The van der Waals surface area contributed by atoms with Crippen LogP contribution in [0.1, 0.15) is 109 Å². The van der Waals surface area contributed by atoms with Gasteiger partial charge in [0.25, 0.3) is 0 Å². The summed E-state index contributed by atoms with van der Waals surface area (Å²) in [6.45, 7) is 4.35. The summed E-state index contributed by atoms with van der Waals surface area (Å²) in [4.78, 5) is 13.0. The van der Waals surface area contributed by atoms with Gasteiger partial charge in [0.2, 0.25) is 5.82 Å². The Kier molecular flexibility index (Phi) is 7.57. The molecule has 3 aliphatic carbocycles. The van der Waals surface area contributed by atoms with Gasteiger partial charge >= 0.3 is 0 Å². The lowest BCUT2D eigenvalue weighted by molar-refractivity contribution is -0.151. The van der Waals surface area contributed by atoms with Crippen molar-refractivity contribution in [2.75, 3.05) is 6.61 Å². The summed E-state index contributed by atoms with van der Waals surface area (Å²) < 4.78 is 34.0. The van der Waals surface area contributed by atoms with Crippen molar-refractivity contribution in [1.29, 1.82) is 0 Å². The van der Waals surface area contributed by atoms with Crippen molar-refractivity contribution in [1.82, 2.24) is 0 Å². The van der Waals surface area contributed by atoms with E-state index in [1.54, 1.807) is 19.1 Å². The van der Waals surface area contributed by atoms with Gasteiger partial charge in [-0.2, -0.15) is 4.39 Å². The van der Waals surface area contributed by atoms with Gasteiger partial charge in [0.15, 0.2) is 11.6 Å². The number of benzene rings is 1. The van der Waals surface area contributed by atoms with Crippen molar-refractivity contribution in [3.05, 3.63) is 29.3 Å². The van der Waals surface area contributed by atoms with E-state index in [2.05, 4.69) is 6.92 Å². The number of rotatable bonds is 8. The van der Waals surface area contributed by atoms with E-state index < -0.39 is 11.6 Å². The summed E-state index contributed by atoms with van der Waals surface area (Å²) in [6, 6.07) is 3.27. The fourth-order valence-electron chi connectivity index (χ4n) is 6.91. The Labute approximate surface area is 192 Å². The zero-order valence-corrected chi connectivity index (χ0v) is 19.9. The third-order valence-electron chi connectivity index (χ3n) is 8.88. The molecule has 32 heavy (non-hydrogen) atoms. The number of carbonyl (C=O) groups excluding carboxylic acids is 1. The van der Waals surface area contributed by atoms with E-state index >= 15 is 0 Å². The summed E-state index contributed by atoms with van der Waals surface area (Å²) in [7, 11) is 0. The summed E-state index contributed by atoms with van der Waals surface area (Å²) in [5.74, 6) is 0.813. The second-order valence-corrected chi connectivity index (χ2v) is 10.8. The normalized spacial score (nSPS) is 32.7. The van der Waals surface area contributed by atoms with Crippen LogP contribution in [-0.2, 0) is 4.79 Å². The molecule has 4 heteroatoms. The van der Waals surface area contributed by atoms with E-state index in [9.17, 15) is 13.6 Å². The molecular weight excluding hydrogens is 406 g/mol. The predicted octanol–water partition coefficient (Wildman–Crippen LogP) is 7.98. The molecule has 0 aliphatic heterocycles. The zero-order chi connectivity index (χ0) is 22.7. The summed E-state index contributed by atoms with van der Waals surface area (Å²) in [6.07, 6.45) is 14.5. The maximum atomic E-state index is 14.6. The molecule has 1 unspecified atom stereocenters. The van der Waals surface area contributed by atoms with Crippen LogP contribution in [0.4, 0.5) is 8.78 Å². The molecule has 0 heterocycles. The molecule has 178 valence electrons. The average Bonchev–Trinajstić information content (AvgIpc) is 2.81. The van der Waals surface area contributed by atoms with Crippen LogP contribution in [0.15, 0.2) is 12.1 Å². The molecule has 4 rings (SSSR count). The molecule has 1 aromatic carbocycles. The number of hydrogen-bond acceptors (Lipinski definition) is 2. The van der Waals surface area contributed by atoms with Gasteiger partial charge in [0.1, 0.15) is 5.78 Å². The van der Waals surface area contributed by atoms with Crippen molar-refractivity contribution >= 4 is 5.78 Å². The fourth-order valence-corrected chi connectivity index (χ4v) is 6.91. The first-order chi connectivity index (χ1) is 15.5. The van der Waals surface area contributed by atoms with Crippen LogP contribution >= 0.6 is 0 Å². The molecule has 0 saturated heterocycles. The second kappa shape index (κ2) is 10.2. The molecule has 3 saturated carbocycles. The zero-order valence-electron chi connectivity index (χ0n) is 19.9. The van der Waals surface area contributed by atoms with E-state index in [1.807, 2.05) is 0 Å². The Morgan fingerprint density at radius 1 is 0.906 bits per heavy atom. The summed E-state index contributed by atoms with van der Waals surface area (Å²) >= 11 is 0. The van der Waals surface area contributed by atoms with E-state index in [0.717, 1.165) is 63.7 Å². The van der Waals surface area contributed by atoms with Crippen molar-refractivity contribution in [2.45, 2.75) is 103 Å². The van der Waals surface area contributed by atoms with Crippen molar-refractivity contribution in [3.8, 4) is 5.75 Å². The molecule has 3 fully saturated rings. The number of ketones is 1. The van der Waals surface area contributed by atoms with Gasteiger partial charge in [0.05, 0.1) is 6.61 Å². The quantitative estimate of drug-likeness (QED) is 0.404. The number of Topliss-reactive ketones (excluding diaryl/α,β-unsaturated/α-hetero) is 1. The van der Waals surface area contributed by atoms with E-state index in [4.69, 9.17) is 4.74 Å². The highest BCUT2D eigenvalue weighted by Crippen LogP contribution is 2.55. The largest absolute Gasteiger partial charge is 0.491 e. The first-order valence-corrected chi connectivity index (χ1v) is 13.1. The minimum atomic E-state index is -0.854. The number of hydrogen-bond donors (Lipinski definition) is 0. The minimum Gasteiger partial charge on any atom is -0.491 e. The van der Waals surface area contributed by atoms with Crippen LogP contribution in [0.3, 0.4) is 0 Å². The van der Waals surface area contributed by atoms with Crippen LogP contribution < -0.4 is 4.74 Å². The van der Waals surface area contributed by atoms with Gasteiger partial charge in [-0.3, -0.25) is 4.79 Å². The lowest BCUT2D eigenvalue weighted by Gasteiger charge is -2.50. The van der Waals surface area contributed by atoms with E-state index in [1.165, 1.54) is 25.7 Å². The second-order valence-electron chi connectivity index (χ2n) is 10.8. The summed E-state index contributed by atoms with van der Waals surface area (Å²) in [5.41, 5.74) is 0.543. The lowest BCUT2D eigenvalue weighted by atomic mass is 9.52. The average molecular weight is 447 g/mol. The Hall–Kier alpha value is -1.45. The first-order valence-electron chi connectivity index (χ1n) is 13.1. The van der Waals surface area contributed by atoms with Crippen molar-refractivity contribution < 1.29 is 18.3 Å². The highest BCUT2D eigenvalue weighted by molar-refractivity contribution is 5.93. The molecule has 1 spiro atoms. The standard InChI is InChI=1S/C28H40F2O2/c1-3-5-19-14-16-28(17-15-19)18-22(27(28)31)11-8-20-6-9-21(10-7-20)23-12-13-24(32-4-2)26(30)25(23)29/h12-13,19-22H,3-11,14-18H2,1-2H3. The molecule has 1 aromatic rings. The smallest absolute Gasteiger partial charge is 0.200 e. The van der Waals surface area contributed by atoms with E-state index in [-0.39, 0.29) is 23.0 Å². The van der Waals surface area contributed by atoms with E-state index in [0.29, 0.717) is 23.9 Å². The monoisotopic (exact) mass is 446 g/mol.